The second-order valence-corrected chi connectivity index (χ2v) is 10.0. The Labute approximate surface area is 224 Å². The predicted molar refractivity (Wildman–Crippen MR) is 146 cm³/mol. The molecule has 8 heteroatoms. The van der Waals surface area contributed by atoms with Crippen LogP contribution in [-0.2, 0) is 16.1 Å². The van der Waals surface area contributed by atoms with Crippen molar-refractivity contribution in [1.82, 2.24) is 0 Å². The van der Waals surface area contributed by atoms with Crippen LogP contribution in [0.3, 0.4) is 0 Å². The molecule has 0 fully saturated rings. The van der Waals surface area contributed by atoms with Crippen LogP contribution in [0, 0.1) is 14.1 Å². The summed E-state index contributed by atoms with van der Waals surface area (Å²) in [7, 11) is 1.59. The fourth-order valence-corrected chi connectivity index (χ4v) is 4.70. The van der Waals surface area contributed by atoms with Gasteiger partial charge < -0.3 is 14.2 Å². The van der Waals surface area contributed by atoms with Crippen LogP contribution in [0.5, 0.6) is 11.5 Å². The Morgan fingerprint density at radius 3 is 2.67 bits per heavy atom. The Morgan fingerprint density at radius 2 is 1.91 bits per heavy atom. The maximum Gasteiger partial charge on any atom is 0.363 e. The van der Waals surface area contributed by atoms with E-state index in [1.165, 1.54) is 0 Å². The largest absolute Gasteiger partial charge is 0.493 e. The molecule has 0 spiro atoms. The molecular weight excluding hydrogens is 668 g/mol. The summed E-state index contributed by atoms with van der Waals surface area (Å²) in [6.07, 6.45) is 1.66. The van der Waals surface area contributed by atoms with Crippen LogP contribution in [0.25, 0.3) is 6.08 Å². The minimum atomic E-state index is -0.534. The number of esters is 1. The number of aliphatic imine (C=N–C) groups is 1. The van der Waals surface area contributed by atoms with Crippen molar-refractivity contribution in [1.29, 1.82) is 0 Å². The molecule has 1 aliphatic rings. The number of hydrogen-bond acceptors (Lipinski definition) is 5. The minimum absolute atomic E-state index is 0.186. The van der Waals surface area contributed by atoms with Crippen molar-refractivity contribution in [3.63, 3.8) is 0 Å². The number of cyclic esters (lactones) is 1. The first-order valence-electron chi connectivity index (χ1n) is 9.88. The monoisotopic (exact) mass is 685 g/mol. The van der Waals surface area contributed by atoms with Gasteiger partial charge in [-0.1, -0.05) is 35.9 Å². The lowest BCUT2D eigenvalue weighted by molar-refractivity contribution is -0.129. The van der Waals surface area contributed by atoms with Gasteiger partial charge >= 0.3 is 5.97 Å². The van der Waals surface area contributed by atoms with E-state index in [2.05, 4.69) is 63.2 Å². The first-order valence-corrected chi connectivity index (χ1v) is 12.4. The highest BCUT2D eigenvalue weighted by atomic mass is 127. The van der Waals surface area contributed by atoms with E-state index in [4.69, 9.17) is 25.8 Å². The highest BCUT2D eigenvalue weighted by Gasteiger charge is 2.26. The molecule has 168 valence electrons. The fourth-order valence-electron chi connectivity index (χ4n) is 3.23. The third-order valence-electron chi connectivity index (χ3n) is 4.97. The number of nitrogens with zero attached hydrogens (tertiary/aromatic N) is 1. The highest BCUT2D eigenvalue weighted by molar-refractivity contribution is 14.1. The molecule has 3 aromatic rings. The molecule has 0 saturated heterocycles. The molecule has 1 heterocycles. The van der Waals surface area contributed by atoms with E-state index in [0.29, 0.717) is 28.7 Å². The van der Waals surface area contributed by atoms with Gasteiger partial charge in [0.15, 0.2) is 17.2 Å². The Morgan fingerprint density at radius 1 is 1.12 bits per heavy atom. The topological polar surface area (TPSA) is 57.1 Å². The molecule has 4 rings (SSSR count). The zero-order valence-corrected chi connectivity index (χ0v) is 22.8. The molecule has 0 aromatic heterocycles. The van der Waals surface area contributed by atoms with E-state index >= 15 is 0 Å². The van der Waals surface area contributed by atoms with E-state index in [1.807, 2.05) is 42.5 Å². The summed E-state index contributed by atoms with van der Waals surface area (Å²) in [6.45, 7) is 2.48. The SMILES string of the molecule is COc1cc(/C=C2\N=C(c3cc(I)ccc3Cl)OC2=O)cc(I)c1OCc1ccccc1C. The van der Waals surface area contributed by atoms with Crippen molar-refractivity contribution >= 4 is 74.7 Å². The van der Waals surface area contributed by atoms with Gasteiger partial charge in [-0.25, -0.2) is 9.79 Å². The molecule has 3 aromatic carbocycles. The normalized spacial score (nSPS) is 14.3. The van der Waals surface area contributed by atoms with E-state index in [-0.39, 0.29) is 11.6 Å². The molecule has 1 aliphatic heterocycles. The van der Waals surface area contributed by atoms with Crippen molar-refractivity contribution in [3.05, 3.63) is 94.7 Å². The number of halogens is 3. The van der Waals surface area contributed by atoms with Gasteiger partial charge in [0, 0.05) is 3.57 Å². The first kappa shape index (κ1) is 24.0. The van der Waals surface area contributed by atoms with Gasteiger partial charge in [-0.05, 0) is 105 Å². The Balaban J connectivity index is 1.62. The predicted octanol–water partition coefficient (Wildman–Crippen LogP) is 6.79. The van der Waals surface area contributed by atoms with E-state index < -0.39 is 5.97 Å². The lowest BCUT2D eigenvalue weighted by atomic mass is 10.1. The van der Waals surface area contributed by atoms with Gasteiger partial charge in [0.1, 0.15) is 6.61 Å². The van der Waals surface area contributed by atoms with Gasteiger partial charge in [-0.2, -0.15) is 0 Å². The average molecular weight is 686 g/mol. The third kappa shape index (κ3) is 5.52. The van der Waals surface area contributed by atoms with Crippen molar-refractivity contribution in [2.75, 3.05) is 7.11 Å². The number of ether oxygens (including phenoxy) is 3. The van der Waals surface area contributed by atoms with Crippen LogP contribution in [0.15, 0.2) is 65.3 Å². The van der Waals surface area contributed by atoms with Crippen molar-refractivity contribution in [2.24, 2.45) is 4.99 Å². The van der Waals surface area contributed by atoms with Crippen molar-refractivity contribution in [3.8, 4) is 11.5 Å². The zero-order chi connectivity index (χ0) is 23.5. The van der Waals surface area contributed by atoms with Crippen molar-refractivity contribution in [2.45, 2.75) is 13.5 Å². The highest BCUT2D eigenvalue weighted by Crippen LogP contribution is 2.36. The Hall–Kier alpha value is -2.11. The molecule has 0 radical (unpaired) electrons. The summed E-state index contributed by atoms with van der Waals surface area (Å²) in [5.41, 5.74) is 3.77. The molecule has 33 heavy (non-hydrogen) atoms. The summed E-state index contributed by atoms with van der Waals surface area (Å²) >= 11 is 10.6. The van der Waals surface area contributed by atoms with E-state index in [0.717, 1.165) is 23.8 Å². The molecule has 0 bridgehead atoms. The summed E-state index contributed by atoms with van der Waals surface area (Å²) in [5.74, 6) is 0.870. The summed E-state index contributed by atoms with van der Waals surface area (Å²) < 4.78 is 18.8. The molecule has 0 N–H and O–H groups in total. The Kier molecular flexibility index (Phi) is 7.60. The van der Waals surface area contributed by atoms with Crippen LogP contribution in [-0.4, -0.2) is 19.0 Å². The number of rotatable bonds is 6. The van der Waals surface area contributed by atoms with E-state index in [9.17, 15) is 4.79 Å². The van der Waals surface area contributed by atoms with Crippen molar-refractivity contribution < 1.29 is 19.0 Å². The quantitative estimate of drug-likeness (QED) is 0.163. The minimum Gasteiger partial charge on any atom is -0.493 e. The summed E-state index contributed by atoms with van der Waals surface area (Å²) in [5, 5.41) is 0.467. The second-order valence-electron chi connectivity index (χ2n) is 7.21. The van der Waals surface area contributed by atoms with Crippen LogP contribution in [0.2, 0.25) is 5.02 Å². The lowest BCUT2D eigenvalue weighted by Crippen LogP contribution is -2.06. The summed E-state index contributed by atoms with van der Waals surface area (Å²) in [6, 6.07) is 17.2. The number of benzene rings is 3. The van der Waals surface area contributed by atoms with Crippen LogP contribution in [0.4, 0.5) is 0 Å². The van der Waals surface area contributed by atoms with Gasteiger partial charge in [0.25, 0.3) is 0 Å². The number of carbonyl (C=O) groups is 1. The van der Waals surface area contributed by atoms with Crippen LogP contribution < -0.4 is 9.47 Å². The van der Waals surface area contributed by atoms with Crippen LogP contribution in [0.1, 0.15) is 22.3 Å². The smallest absolute Gasteiger partial charge is 0.363 e. The van der Waals surface area contributed by atoms with Crippen LogP contribution >= 0.6 is 56.8 Å². The lowest BCUT2D eigenvalue weighted by Gasteiger charge is -2.14. The first-order chi connectivity index (χ1) is 15.9. The number of aryl methyl sites for hydroxylation is 1. The average Bonchev–Trinajstić information content (AvgIpc) is 3.15. The standard InChI is InChI=1S/C25H18ClI2NO4/c1-14-5-3-4-6-16(14)13-32-23-20(28)9-15(11-22(23)31-2)10-21-25(30)33-24(29-21)18-12-17(27)7-8-19(18)26/h3-12H,13H2,1-2H3/b21-10-. The zero-order valence-electron chi connectivity index (χ0n) is 17.7. The van der Waals surface area contributed by atoms with Gasteiger partial charge in [-0.3, -0.25) is 0 Å². The van der Waals surface area contributed by atoms with E-state index in [1.54, 1.807) is 19.3 Å². The fraction of sp³-hybridized carbons (Fsp3) is 0.120. The third-order valence-corrected chi connectivity index (χ3v) is 6.77. The molecule has 0 amide bonds. The number of carbonyl (C=O) groups excluding carboxylic acids is 1. The molecule has 5 nitrogen and oxygen atoms in total. The van der Waals surface area contributed by atoms with Gasteiger partial charge in [0.05, 0.1) is 21.3 Å². The van der Waals surface area contributed by atoms with Gasteiger partial charge in [0.2, 0.25) is 5.90 Å². The molecule has 0 unspecified atom stereocenters. The maximum absolute atomic E-state index is 12.4. The molecular formula is C25H18ClI2NO4. The maximum atomic E-state index is 12.4. The molecule has 0 aliphatic carbocycles. The number of hydrogen-bond donors (Lipinski definition) is 0. The molecule has 0 saturated carbocycles. The number of methoxy groups -OCH3 is 1. The van der Waals surface area contributed by atoms with Gasteiger partial charge in [-0.15, -0.1) is 0 Å². The Bertz CT molecular complexity index is 1300. The second kappa shape index (κ2) is 10.4. The summed E-state index contributed by atoms with van der Waals surface area (Å²) in [4.78, 5) is 16.8. The molecule has 0 atom stereocenters.